The summed E-state index contributed by atoms with van der Waals surface area (Å²) in [6.45, 7) is 0.852. The molecule has 1 unspecified atom stereocenters. The zero-order chi connectivity index (χ0) is 13.4. The first kappa shape index (κ1) is 11.4. The maximum absolute atomic E-state index is 4.27. The molecule has 4 rings (SSSR count). The minimum absolute atomic E-state index is 0.217. The number of hydrogen-bond acceptors (Lipinski definition) is 2. The summed E-state index contributed by atoms with van der Waals surface area (Å²) in [5.74, 6) is 0. The van der Waals surface area contributed by atoms with Crippen molar-refractivity contribution in [1.82, 2.24) is 14.9 Å². The molecule has 1 atom stereocenters. The molecule has 1 N–H and O–H groups in total. The SMILES string of the molecule is c1ccc(CNC2c3ccccc3-n3cncc32)cc1. The van der Waals surface area contributed by atoms with Gasteiger partial charge in [-0.15, -0.1) is 0 Å². The quantitative estimate of drug-likeness (QED) is 0.785. The second-order valence-electron chi connectivity index (χ2n) is 5.05. The van der Waals surface area contributed by atoms with Crippen molar-refractivity contribution in [3.8, 4) is 5.69 Å². The molecule has 2 aromatic carbocycles. The smallest absolute Gasteiger partial charge is 0.0994 e. The molecule has 3 heteroatoms. The van der Waals surface area contributed by atoms with Gasteiger partial charge in [0, 0.05) is 6.54 Å². The molecule has 0 fully saturated rings. The van der Waals surface area contributed by atoms with Crippen LogP contribution in [0.1, 0.15) is 22.9 Å². The zero-order valence-corrected chi connectivity index (χ0v) is 11.0. The average molecular weight is 261 g/mol. The molecule has 0 bridgehead atoms. The van der Waals surface area contributed by atoms with Gasteiger partial charge in [-0.25, -0.2) is 4.98 Å². The van der Waals surface area contributed by atoms with Gasteiger partial charge in [-0.1, -0.05) is 48.5 Å². The van der Waals surface area contributed by atoms with Gasteiger partial charge in [-0.2, -0.15) is 0 Å². The van der Waals surface area contributed by atoms with Gasteiger partial charge in [-0.3, -0.25) is 0 Å². The van der Waals surface area contributed by atoms with Crippen molar-refractivity contribution < 1.29 is 0 Å². The maximum Gasteiger partial charge on any atom is 0.0994 e. The van der Waals surface area contributed by atoms with E-state index in [1.807, 2.05) is 18.6 Å². The highest BCUT2D eigenvalue weighted by atomic mass is 15.1. The number of imidazole rings is 1. The molecule has 20 heavy (non-hydrogen) atoms. The summed E-state index contributed by atoms with van der Waals surface area (Å²) in [7, 11) is 0. The Morgan fingerprint density at radius 2 is 1.80 bits per heavy atom. The number of nitrogens with zero attached hydrogens (tertiary/aromatic N) is 2. The molecule has 1 aliphatic heterocycles. The summed E-state index contributed by atoms with van der Waals surface area (Å²) in [5, 5.41) is 3.64. The monoisotopic (exact) mass is 261 g/mol. The van der Waals surface area contributed by atoms with Crippen molar-refractivity contribution in [2.45, 2.75) is 12.6 Å². The third kappa shape index (κ3) is 1.75. The molecule has 0 saturated carbocycles. The van der Waals surface area contributed by atoms with Gasteiger partial charge >= 0.3 is 0 Å². The first-order chi connectivity index (χ1) is 9.93. The van der Waals surface area contributed by atoms with E-state index in [2.05, 4.69) is 63.4 Å². The number of para-hydroxylation sites is 1. The van der Waals surface area contributed by atoms with Crippen LogP contribution in [0.2, 0.25) is 0 Å². The lowest BCUT2D eigenvalue weighted by atomic mass is 10.1. The van der Waals surface area contributed by atoms with Gasteiger partial charge in [0.25, 0.3) is 0 Å². The van der Waals surface area contributed by atoms with Crippen molar-refractivity contribution in [3.05, 3.63) is 83.9 Å². The van der Waals surface area contributed by atoms with Crippen LogP contribution in [0, 0.1) is 0 Å². The van der Waals surface area contributed by atoms with E-state index in [1.165, 1.54) is 22.5 Å². The highest BCUT2D eigenvalue weighted by Crippen LogP contribution is 2.35. The molecule has 0 amide bonds. The largest absolute Gasteiger partial charge is 0.301 e. The van der Waals surface area contributed by atoms with Crippen LogP contribution in [0.15, 0.2) is 67.1 Å². The van der Waals surface area contributed by atoms with Crippen LogP contribution in [0.5, 0.6) is 0 Å². The van der Waals surface area contributed by atoms with E-state index in [-0.39, 0.29) is 6.04 Å². The van der Waals surface area contributed by atoms with E-state index in [0.29, 0.717) is 0 Å². The number of nitrogens with one attached hydrogen (secondary N) is 1. The molecule has 3 aromatic rings. The van der Waals surface area contributed by atoms with E-state index in [9.17, 15) is 0 Å². The van der Waals surface area contributed by atoms with Crippen molar-refractivity contribution >= 4 is 0 Å². The third-order valence-corrected chi connectivity index (χ3v) is 3.82. The van der Waals surface area contributed by atoms with Gasteiger partial charge in [0.15, 0.2) is 0 Å². The molecular weight excluding hydrogens is 246 g/mol. The van der Waals surface area contributed by atoms with Gasteiger partial charge in [0.2, 0.25) is 0 Å². The number of rotatable bonds is 3. The molecular formula is C17H15N3. The van der Waals surface area contributed by atoms with E-state index in [0.717, 1.165) is 6.54 Å². The molecule has 2 heterocycles. The van der Waals surface area contributed by atoms with Crippen LogP contribution in [0.4, 0.5) is 0 Å². The van der Waals surface area contributed by atoms with Crippen LogP contribution in [-0.2, 0) is 6.54 Å². The Bertz CT molecular complexity index is 731. The molecule has 1 aromatic heterocycles. The molecule has 3 nitrogen and oxygen atoms in total. The van der Waals surface area contributed by atoms with Crippen LogP contribution >= 0.6 is 0 Å². The molecule has 0 spiro atoms. The van der Waals surface area contributed by atoms with Crippen LogP contribution in [0.3, 0.4) is 0 Å². The topological polar surface area (TPSA) is 29.9 Å². The second kappa shape index (κ2) is 4.62. The maximum atomic E-state index is 4.27. The fourth-order valence-corrected chi connectivity index (χ4v) is 2.86. The Morgan fingerprint density at radius 3 is 2.70 bits per heavy atom. The van der Waals surface area contributed by atoms with E-state index in [1.54, 1.807) is 0 Å². The molecule has 0 saturated heterocycles. The predicted octanol–water partition coefficient (Wildman–Crippen LogP) is 3.06. The van der Waals surface area contributed by atoms with Crippen molar-refractivity contribution in [2.24, 2.45) is 0 Å². The fourth-order valence-electron chi connectivity index (χ4n) is 2.86. The molecule has 0 aliphatic carbocycles. The van der Waals surface area contributed by atoms with Gasteiger partial charge < -0.3 is 9.88 Å². The molecule has 98 valence electrons. The average Bonchev–Trinajstić information content (AvgIpc) is 3.07. The van der Waals surface area contributed by atoms with Crippen LogP contribution in [0.25, 0.3) is 5.69 Å². The lowest BCUT2D eigenvalue weighted by Crippen LogP contribution is -2.20. The summed E-state index contributed by atoms with van der Waals surface area (Å²) < 4.78 is 2.16. The van der Waals surface area contributed by atoms with E-state index >= 15 is 0 Å². The number of aromatic nitrogens is 2. The zero-order valence-electron chi connectivity index (χ0n) is 11.0. The summed E-state index contributed by atoms with van der Waals surface area (Å²) in [5.41, 5.74) is 5.05. The Hall–Kier alpha value is -2.39. The van der Waals surface area contributed by atoms with E-state index < -0.39 is 0 Å². The van der Waals surface area contributed by atoms with Gasteiger partial charge in [-0.05, 0) is 17.2 Å². The van der Waals surface area contributed by atoms with Crippen molar-refractivity contribution in [1.29, 1.82) is 0 Å². The summed E-state index contributed by atoms with van der Waals surface area (Å²) in [4.78, 5) is 4.27. The third-order valence-electron chi connectivity index (χ3n) is 3.82. The van der Waals surface area contributed by atoms with Crippen molar-refractivity contribution in [3.63, 3.8) is 0 Å². The first-order valence-electron chi connectivity index (χ1n) is 6.82. The fraction of sp³-hybridized carbons (Fsp3) is 0.118. The Morgan fingerprint density at radius 1 is 1.00 bits per heavy atom. The number of hydrogen-bond donors (Lipinski definition) is 1. The van der Waals surface area contributed by atoms with Gasteiger partial charge in [0.1, 0.15) is 0 Å². The van der Waals surface area contributed by atoms with Crippen LogP contribution in [-0.4, -0.2) is 9.55 Å². The minimum Gasteiger partial charge on any atom is -0.301 e. The number of fused-ring (bicyclic) bond motifs is 3. The Kier molecular flexibility index (Phi) is 2.64. The number of benzene rings is 2. The lowest BCUT2D eigenvalue weighted by molar-refractivity contribution is 0.606. The lowest BCUT2D eigenvalue weighted by Gasteiger charge is -2.13. The Labute approximate surface area is 117 Å². The van der Waals surface area contributed by atoms with Crippen LogP contribution < -0.4 is 5.32 Å². The first-order valence-corrected chi connectivity index (χ1v) is 6.82. The summed E-state index contributed by atoms with van der Waals surface area (Å²) >= 11 is 0. The van der Waals surface area contributed by atoms with Crippen molar-refractivity contribution in [2.75, 3.05) is 0 Å². The highest BCUT2D eigenvalue weighted by molar-refractivity contribution is 5.52. The summed E-state index contributed by atoms with van der Waals surface area (Å²) in [6, 6.07) is 19.2. The normalized spacial score (nSPS) is 15.9. The van der Waals surface area contributed by atoms with Gasteiger partial charge in [0.05, 0.1) is 29.9 Å². The highest BCUT2D eigenvalue weighted by Gasteiger charge is 2.27. The van der Waals surface area contributed by atoms with E-state index in [4.69, 9.17) is 0 Å². The standard InChI is InChI=1S/C17H15N3/c1-2-6-13(7-3-1)10-19-17-14-8-4-5-9-15(14)20-12-18-11-16(17)20/h1-9,11-12,17,19H,10H2. The Balaban J connectivity index is 1.66. The minimum atomic E-state index is 0.217. The molecule has 0 radical (unpaired) electrons. The summed E-state index contributed by atoms with van der Waals surface area (Å²) in [6.07, 6.45) is 3.83. The molecule has 1 aliphatic rings. The predicted molar refractivity (Wildman–Crippen MR) is 78.7 cm³/mol. The second-order valence-corrected chi connectivity index (χ2v) is 5.05.